The maximum absolute atomic E-state index is 12.6. The Labute approximate surface area is 231 Å². The Bertz CT molecular complexity index is 1580. The van der Waals surface area contributed by atoms with Gasteiger partial charge < -0.3 is 10.5 Å². The number of rotatable bonds is 9. The average Bonchev–Trinajstić information content (AvgIpc) is 3.29. The molecule has 4 aromatic rings. The number of imidazole rings is 1. The van der Waals surface area contributed by atoms with Crippen LogP contribution in [0.1, 0.15) is 19.4 Å². The summed E-state index contributed by atoms with van der Waals surface area (Å²) in [6.07, 6.45) is 8.86. The molecule has 0 unspecified atom stereocenters. The normalized spacial score (nSPS) is 11.8. The van der Waals surface area contributed by atoms with E-state index in [1.54, 1.807) is 18.5 Å². The van der Waals surface area contributed by atoms with Crippen molar-refractivity contribution < 1.29 is 13.2 Å². The number of benzene rings is 1. The van der Waals surface area contributed by atoms with Crippen LogP contribution in [0.3, 0.4) is 0 Å². The van der Waals surface area contributed by atoms with Crippen molar-refractivity contribution in [1.82, 2.24) is 24.2 Å². The molecular formula is C27H29BrN6O3S. The number of methoxy groups -OCH3 is 1. The van der Waals surface area contributed by atoms with E-state index in [2.05, 4.69) is 37.2 Å². The van der Waals surface area contributed by atoms with E-state index in [0.29, 0.717) is 28.4 Å². The molecule has 0 bridgehead atoms. The van der Waals surface area contributed by atoms with E-state index >= 15 is 0 Å². The van der Waals surface area contributed by atoms with Crippen molar-refractivity contribution in [2.75, 3.05) is 12.8 Å². The Hall–Kier alpha value is -3.80. The molecule has 0 aliphatic carbocycles. The lowest BCUT2D eigenvalue weighted by Crippen LogP contribution is -2.24. The number of nitrogen functional groups attached to an aromatic ring is 1. The highest BCUT2D eigenvalue weighted by Gasteiger charge is 2.18. The minimum absolute atomic E-state index is 0.0354. The van der Waals surface area contributed by atoms with Crippen LogP contribution in [0.2, 0.25) is 0 Å². The van der Waals surface area contributed by atoms with Gasteiger partial charge in [-0.05, 0) is 70.1 Å². The number of ether oxygens (including phenoxy) is 1. The van der Waals surface area contributed by atoms with Crippen molar-refractivity contribution in [3.8, 4) is 17.1 Å². The number of aromatic nitrogens is 4. The molecule has 9 nitrogen and oxygen atoms in total. The molecule has 3 N–H and O–H groups in total. The third kappa shape index (κ3) is 6.55. The van der Waals surface area contributed by atoms with Crippen LogP contribution in [-0.2, 0) is 21.3 Å². The number of nitrogens with zero attached hydrogens (tertiary/aromatic N) is 4. The number of fused-ring (bicyclic) bond motifs is 1. The van der Waals surface area contributed by atoms with E-state index in [0.717, 1.165) is 15.7 Å². The number of sulfonamides is 1. The van der Waals surface area contributed by atoms with Crippen molar-refractivity contribution in [3.05, 3.63) is 101 Å². The Balaban J connectivity index is 0.00000195. The van der Waals surface area contributed by atoms with Gasteiger partial charge in [0.15, 0.2) is 11.5 Å². The highest BCUT2D eigenvalue weighted by Crippen LogP contribution is 2.31. The molecule has 0 saturated carbocycles. The fraction of sp³-hybridized carbons (Fsp3) is 0.148. The largest absolute Gasteiger partial charge is 0.504 e. The van der Waals surface area contributed by atoms with Gasteiger partial charge in [-0.3, -0.25) is 4.57 Å². The van der Waals surface area contributed by atoms with Crippen molar-refractivity contribution in [2.24, 2.45) is 0 Å². The minimum Gasteiger partial charge on any atom is -0.504 e. The van der Waals surface area contributed by atoms with E-state index in [9.17, 15) is 8.42 Å². The fourth-order valence-corrected chi connectivity index (χ4v) is 4.80. The number of hydrogen-bond acceptors (Lipinski definition) is 7. The lowest BCUT2D eigenvalue weighted by molar-refractivity contribution is 0.338. The highest BCUT2D eigenvalue weighted by atomic mass is 79.9. The summed E-state index contributed by atoms with van der Waals surface area (Å²) in [4.78, 5) is 13.5. The molecule has 3 heterocycles. The van der Waals surface area contributed by atoms with E-state index in [4.69, 9.17) is 15.5 Å². The van der Waals surface area contributed by atoms with Gasteiger partial charge in [-0.25, -0.2) is 28.1 Å². The first-order chi connectivity index (χ1) is 18.3. The monoisotopic (exact) mass is 596 g/mol. The summed E-state index contributed by atoms with van der Waals surface area (Å²) in [6.45, 7) is 7.67. The summed E-state index contributed by atoms with van der Waals surface area (Å²) in [5.41, 5.74) is 9.71. The molecule has 38 heavy (non-hydrogen) atoms. The highest BCUT2D eigenvalue weighted by molar-refractivity contribution is 9.10. The molecule has 0 spiro atoms. The molecule has 0 radical (unpaired) electrons. The van der Waals surface area contributed by atoms with Crippen molar-refractivity contribution in [3.63, 3.8) is 0 Å². The Morgan fingerprint density at radius 1 is 1.21 bits per heavy atom. The van der Waals surface area contributed by atoms with Gasteiger partial charge in [-0.2, -0.15) is 0 Å². The van der Waals surface area contributed by atoms with Crippen molar-refractivity contribution in [1.29, 1.82) is 0 Å². The molecular weight excluding hydrogens is 568 g/mol. The number of halogens is 1. The number of pyridine rings is 2. The molecule has 1 aromatic carbocycles. The van der Waals surface area contributed by atoms with E-state index < -0.39 is 10.0 Å². The zero-order valence-corrected chi connectivity index (χ0v) is 23.7. The van der Waals surface area contributed by atoms with Gasteiger partial charge in [0.25, 0.3) is 0 Å². The SMILES string of the molecule is C=C/C(=C\C=C\OC)S(=O)(=O)NCc1ccc(-n2c(-c3cccnc3N)nc3cc(Br)cnc32)cc1.CC. The molecule has 0 aliphatic heterocycles. The smallest absolute Gasteiger partial charge is 0.240 e. The number of anilines is 1. The molecule has 0 fully saturated rings. The van der Waals surface area contributed by atoms with Crippen LogP contribution in [0.5, 0.6) is 0 Å². The first-order valence-electron chi connectivity index (χ1n) is 11.7. The maximum Gasteiger partial charge on any atom is 0.240 e. The number of allylic oxidation sites excluding steroid dienone is 3. The van der Waals surface area contributed by atoms with Crippen LogP contribution in [0, 0.1) is 0 Å². The summed E-state index contributed by atoms with van der Waals surface area (Å²) in [7, 11) is -2.27. The molecule has 198 valence electrons. The van der Waals surface area contributed by atoms with Crippen LogP contribution < -0.4 is 10.5 Å². The third-order valence-corrected chi connectivity index (χ3v) is 7.07. The third-order valence-electron chi connectivity index (χ3n) is 5.19. The zero-order valence-electron chi connectivity index (χ0n) is 21.3. The van der Waals surface area contributed by atoms with Crippen LogP contribution in [0.4, 0.5) is 5.82 Å². The van der Waals surface area contributed by atoms with Crippen LogP contribution >= 0.6 is 15.9 Å². The van der Waals surface area contributed by atoms with E-state index in [-0.39, 0.29) is 11.4 Å². The van der Waals surface area contributed by atoms with E-state index in [1.807, 2.05) is 54.8 Å². The number of hydrogen-bond donors (Lipinski definition) is 2. The molecule has 0 saturated heterocycles. The lowest BCUT2D eigenvalue weighted by atomic mass is 10.2. The minimum atomic E-state index is -3.75. The van der Waals surface area contributed by atoms with Gasteiger partial charge in [0.05, 0.1) is 23.8 Å². The summed E-state index contributed by atoms with van der Waals surface area (Å²) in [5.74, 6) is 0.949. The Morgan fingerprint density at radius 3 is 2.61 bits per heavy atom. The van der Waals surface area contributed by atoms with Crippen LogP contribution in [0.25, 0.3) is 28.2 Å². The predicted molar refractivity (Wildman–Crippen MR) is 156 cm³/mol. The topological polar surface area (TPSA) is 125 Å². The van der Waals surface area contributed by atoms with Gasteiger partial charge >= 0.3 is 0 Å². The quantitative estimate of drug-likeness (QED) is 0.193. The average molecular weight is 598 g/mol. The second kappa shape index (κ2) is 13.1. The van der Waals surface area contributed by atoms with Gasteiger partial charge in [0.1, 0.15) is 11.3 Å². The molecule has 0 aliphatic rings. The number of nitrogens with one attached hydrogen (secondary N) is 1. The number of nitrogens with two attached hydrogens (primary N) is 1. The van der Waals surface area contributed by atoms with Gasteiger partial charge in [-0.1, -0.05) is 32.6 Å². The molecule has 0 amide bonds. The summed E-state index contributed by atoms with van der Waals surface area (Å²) in [5, 5.41) is 0. The summed E-state index contributed by atoms with van der Waals surface area (Å²) >= 11 is 3.44. The van der Waals surface area contributed by atoms with Crippen LogP contribution in [0.15, 0.2) is 95.3 Å². The van der Waals surface area contributed by atoms with Gasteiger partial charge in [-0.15, -0.1) is 0 Å². The first-order valence-corrected chi connectivity index (χ1v) is 14.0. The first kappa shape index (κ1) is 28.8. The Morgan fingerprint density at radius 2 is 1.95 bits per heavy atom. The molecule has 3 aromatic heterocycles. The molecule has 0 atom stereocenters. The zero-order chi connectivity index (χ0) is 27.7. The van der Waals surface area contributed by atoms with Crippen molar-refractivity contribution in [2.45, 2.75) is 20.4 Å². The fourth-order valence-electron chi connectivity index (χ4n) is 3.48. The maximum atomic E-state index is 12.6. The van der Waals surface area contributed by atoms with Gasteiger partial charge in [0.2, 0.25) is 10.0 Å². The van der Waals surface area contributed by atoms with Crippen molar-refractivity contribution >= 4 is 42.9 Å². The Kier molecular flexibility index (Phi) is 9.94. The lowest BCUT2D eigenvalue weighted by Gasteiger charge is -2.11. The second-order valence-electron chi connectivity index (χ2n) is 7.53. The summed E-state index contributed by atoms with van der Waals surface area (Å²) in [6, 6.07) is 12.9. The van der Waals surface area contributed by atoms with Crippen LogP contribution in [-0.4, -0.2) is 35.0 Å². The standard InChI is InChI=1S/C25H23BrN6O3S.C2H6/c1-3-20(6-5-13-35-2)36(33,34)30-15-17-8-10-19(11-9-17)32-24(21-7-4-12-28-23(21)27)31-22-14-18(26)16-29-25(22)32;1-2/h3-14,16,30H,1,15H2,2H3,(H2,27,28);1-2H3/b13-5+,20-6+;. The molecule has 11 heteroatoms. The predicted octanol–water partition coefficient (Wildman–Crippen LogP) is 5.50. The molecule has 4 rings (SSSR count). The summed E-state index contributed by atoms with van der Waals surface area (Å²) < 4.78 is 35.3. The van der Waals surface area contributed by atoms with Gasteiger partial charge in [0, 0.05) is 29.1 Å². The second-order valence-corrected chi connectivity index (χ2v) is 10.2. The van der Waals surface area contributed by atoms with E-state index in [1.165, 1.54) is 31.6 Å².